The second-order valence-corrected chi connectivity index (χ2v) is 13.4. The normalized spacial score (nSPS) is 19.3. The number of halogens is 3. The maximum Gasteiger partial charge on any atom is 0.257 e. The van der Waals surface area contributed by atoms with Crippen LogP contribution in [0.2, 0.25) is 0 Å². The first-order valence-electron chi connectivity index (χ1n) is 14.0. The SMILES string of the molecule is Cc1cc(NC(=O)c2cc(F)c(NS(=O)(=O)CCO)cc2N2CCC3(CC2)CC3)cc(N2CCC(F)(F)CC2)c1C#N. The number of piperidine rings is 2. The van der Waals surface area contributed by atoms with E-state index >= 15 is 4.39 Å². The van der Waals surface area contributed by atoms with Gasteiger partial charge in [0.15, 0.2) is 0 Å². The fraction of sp³-hybridized carbons (Fsp3) is 0.517. The minimum Gasteiger partial charge on any atom is -0.395 e. The molecule has 5 rings (SSSR count). The van der Waals surface area contributed by atoms with E-state index in [1.807, 2.05) is 4.90 Å². The first-order chi connectivity index (χ1) is 19.8. The summed E-state index contributed by atoms with van der Waals surface area (Å²) in [6.45, 7) is 2.40. The van der Waals surface area contributed by atoms with Crippen molar-refractivity contribution < 1.29 is 31.5 Å². The third-order valence-electron chi connectivity index (χ3n) is 8.60. The van der Waals surface area contributed by atoms with Crippen molar-refractivity contribution in [2.45, 2.75) is 51.4 Å². The minimum atomic E-state index is -4.02. The van der Waals surface area contributed by atoms with Gasteiger partial charge in [-0.25, -0.2) is 21.6 Å². The molecule has 0 radical (unpaired) electrons. The van der Waals surface area contributed by atoms with E-state index in [9.17, 15) is 27.3 Å². The van der Waals surface area contributed by atoms with Crippen molar-refractivity contribution >= 4 is 38.7 Å². The highest BCUT2D eigenvalue weighted by Crippen LogP contribution is 2.54. The average molecular weight is 606 g/mol. The summed E-state index contributed by atoms with van der Waals surface area (Å²) in [5.74, 6) is -4.96. The molecule has 1 aliphatic carbocycles. The second kappa shape index (κ2) is 11.3. The quantitative estimate of drug-likeness (QED) is 0.401. The number of nitrogens with zero attached hydrogens (tertiary/aromatic N) is 3. The monoisotopic (exact) mass is 605 g/mol. The molecule has 1 saturated carbocycles. The summed E-state index contributed by atoms with van der Waals surface area (Å²) in [6.07, 6.45) is 3.43. The van der Waals surface area contributed by atoms with E-state index < -0.39 is 40.0 Å². The molecule has 0 aromatic heterocycles. The van der Waals surface area contributed by atoms with Crippen LogP contribution in [0.4, 0.5) is 35.9 Å². The smallest absolute Gasteiger partial charge is 0.257 e. The highest BCUT2D eigenvalue weighted by Gasteiger charge is 2.45. The molecular formula is C29H34F3N5O4S. The van der Waals surface area contributed by atoms with E-state index in [1.165, 1.54) is 6.07 Å². The Labute approximate surface area is 243 Å². The van der Waals surface area contributed by atoms with Crippen LogP contribution in [-0.4, -0.2) is 63.9 Å². The van der Waals surface area contributed by atoms with Gasteiger partial charge in [-0.1, -0.05) is 0 Å². The number of carbonyl (C=O) groups excluding carboxylic acids is 1. The summed E-state index contributed by atoms with van der Waals surface area (Å²) < 4.78 is 69.5. The molecule has 3 aliphatic rings. The van der Waals surface area contributed by atoms with E-state index in [0.29, 0.717) is 46.7 Å². The molecule has 226 valence electrons. The molecule has 2 aliphatic heterocycles. The predicted octanol–water partition coefficient (Wildman–Crippen LogP) is 4.61. The van der Waals surface area contributed by atoms with Crippen LogP contribution in [0.15, 0.2) is 24.3 Å². The van der Waals surface area contributed by atoms with Crippen molar-refractivity contribution in [3.8, 4) is 6.07 Å². The molecule has 3 N–H and O–H groups in total. The van der Waals surface area contributed by atoms with Crippen LogP contribution in [0.5, 0.6) is 0 Å². The Bertz CT molecular complexity index is 1520. The molecule has 2 aromatic rings. The summed E-state index contributed by atoms with van der Waals surface area (Å²) in [4.78, 5) is 17.3. The molecule has 3 fully saturated rings. The van der Waals surface area contributed by atoms with Gasteiger partial charge in [0, 0.05) is 44.7 Å². The van der Waals surface area contributed by atoms with E-state index in [2.05, 4.69) is 16.1 Å². The van der Waals surface area contributed by atoms with Gasteiger partial charge in [0.05, 0.1) is 40.5 Å². The van der Waals surface area contributed by atoms with Gasteiger partial charge in [-0.15, -0.1) is 0 Å². The molecule has 9 nitrogen and oxygen atoms in total. The van der Waals surface area contributed by atoms with E-state index in [4.69, 9.17) is 5.11 Å². The van der Waals surface area contributed by atoms with Crippen LogP contribution in [-0.2, 0) is 10.0 Å². The molecule has 0 atom stereocenters. The number of alkyl halides is 2. The minimum absolute atomic E-state index is 0.00512. The number of carbonyl (C=O) groups is 1. The van der Waals surface area contributed by atoms with Crippen molar-refractivity contribution in [1.29, 1.82) is 5.26 Å². The number of rotatable bonds is 8. The number of aryl methyl sites for hydroxylation is 1. The third kappa shape index (κ3) is 6.44. The number of amides is 1. The van der Waals surface area contributed by atoms with Crippen LogP contribution in [0.25, 0.3) is 0 Å². The molecule has 2 saturated heterocycles. The topological polar surface area (TPSA) is 126 Å². The van der Waals surface area contributed by atoms with Gasteiger partial charge in [-0.3, -0.25) is 9.52 Å². The number of aliphatic hydroxyl groups excluding tert-OH is 1. The molecular weight excluding hydrogens is 571 g/mol. The maximum absolute atomic E-state index is 15.2. The molecule has 42 heavy (non-hydrogen) atoms. The Kier molecular flexibility index (Phi) is 8.06. The number of benzene rings is 2. The summed E-state index contributed by atoms with van der Waals surface area (Å²) >= 11 is 0. The van der Waals surface area contributed by atoms with E-state index in [-0.39, 0.29) is 37.2 Å². The fourth-order valence-electron chi connectivity index (χ4n) is 5.83. The van der Waals surface area contributed by atoms with Gasteiger partial charge in [-0.2, -0.15) is 5.26 Å². The molecule has 1 spiro atoms. The summed E-state index contributed by atoms with van der Waals surface area (Å²) in [7, 11) is -4.02. The van der Waals surface area contributed by atoms with Gasteiger partial charge in [-0.05, 0) is 67.9 Å². The van der Waals surface area contributed by atoms with Gasteiger partial charge < -0.3 is 20.2 Å². The Morgan fingerprint density at radius 3 is 2.21 bits per heavy atom. The predicted molar refractivity (Wildman–Crippen MR) is 154 cm³/mol. The lowest BCUT2D eigenvalue weighted by Gasteiger charge is -2.35. The van der Waals surface area contributed by atoms with Gasteiger partial charge in [0.25, 0.3) is 11.8 Å². The zero-order chi connectivity index (χ0) is 30.3. The van der Waals surface area contributed by atoms with E-state index in [1.54, 1.807) is 24.0 Å². The zero-order valence-corrected chi connectivity index (χ0v) is 24.2. The number of nitrogens with one attached hydrogen (secondary N) is 2. The van der Waals surface area contributed by atoms with Crippen LogP contribution < -0.4 is 19.8 Å². The van der Waals surface area contributed by atoms with Gasteiger partial charge in [0.2, 0.25) is 10.0 Å². The highest BCUT2D eigenvalue weighted by molar-refractivity contribution is 7.92. The second-order valence-electron chi connectivity index (χ2n) is 11.6. The molecule has 13 heteroatoms. The first-order valence-corrected chi connectivity index (χ1v) is 15.7. The fourth-order valence-corrected chi connectivity index (χ4v) is 6.66. The maximum atomic E-state index is 15.2. The van der Waals surface area contributed by atoms with Crippen molar-refractivity contribution in [2.24, 2.45) is 5.41 Å². The third-order valence-corrected chi connectivity index (χ3v) is 9.85. The lowest BCUT2D eigenvalue weighted by Crippen LogP contribution is -2.39. The summed E-state index contributed by atoms with van der Waals surface area (Å²) in [5.41, 5.74) is 2.01. The number of sulfonamides is 1. The Morgan fingerprint density at radius 1 is 1.00 bits per heavy atom. The average Bonchev–Trinajstić information content (AvgIpc) is 3.68. The number of hydrogen-bond acceptors (Lipinski definition) is 7. The van der Waals surface area contributed by atoms with E-state index in [0.717, 1.165) is 31.7 Å². The van der Waals surface area contributed by atoms with Crippen LogP contribution in [0, 0.1) is 29.5 Å². The summed E-state index contributed by atoms with van der Waals surface area (Å²) in [6, 6.07) is 7.60. The molecule has 0 bridgehead atoms. The molecule has 2 heterocycles. The van der Waals surface area contributed by atoms with Gasteiger partial charge >= 0.3 is 0 Å². The molecule has 0 unspecified atom stereocenters. The first kappa shape index (κ1) is 30.0. The highest BCUT2D eigenvalue weighted by atomic mass is 32.2. The number of nitriles is 1. The van der Waals surface area contributed by atoms with Crippen molar-refractivity contribution in [3.05, 3.63) is 46.8 Å². The number of hydrogen-bond donors (Lipinski definition) is 3. The molecule has 2 aromatic carbocycles. The van der Waals surface area contributed by atoms with Crippen molar-refractivity contribution in [3.63, 3.8) is 0 Å². The Hall–Kier alpha value is -3.50. The lowest BCUT2D eigenvalue weighted by atomic mass is 9.93. The van der Waals surface area contributed by atoms with Crippen LogP contribution >= 0.6 is 0 Å². The van der Waals surface area contributed by atoms with Crippen LogP contribution in [0.3, 0.4) is 0 Å². The largest absolute Gasteiger partial charge is 0.395 e. The summed E-state index contributed by atoms with van der Waals surface area (Å²) in [5, 5.41) is 21.6. The number of aliphatic hydroxyl groups is 1. The van der Waals surface area contributed by atoms with Crippen molar-refractivity contribution in [2.75, 3.05) is 58.4 Å². The molecule has 1 amide bonds. The van der Waals surface area contributed by atoms with Gasteiger partial charge in [0.1, 0.15) is 11.9 Å². The Morgan fingerprint density at radius 2 is 1.62 bits per heavy atom. The zero-order valence-electron chi connectivity index (χ0n) is 23.4. The Balaban J connectivity index is 1.46. The van der Waals surface area contributed by atoms with Crippen molar-refractivity contribution in [1.82, 2.24) is 0 Å². The lowest BCUT2D eigenvalue weighted by molar-refractivity contribution is -0.0220. The van der Waals surface area contributed by atoms with Crippen LogP contribution in [0.1, 0.15) is 60.0 Å². The number of anilines is 4. The standard InChI is InChI=1S/C29H34F3N5O4S/c1-19-14-20(15-25(22(19)18-33)37-10-6-29(31,32)7-11-37)34-27(39)21-16-23(30)24(35-42(40,41)13-12-38)17-26(21)36-8-4-28(2-3-28)5-9-36/h14-17,35,38H,2-13H2,1H3,(H,34,39).